The van der Waals surface area contributed by atoms with Crippen LogP contribution in [0.25, 0.3) is 0 Å². The molecule has 1 aliphatic rings. The van der Waals surface area contributed by atoms with Gasteiger partial charge in [0.05, 0.1) is 24.4 Å². The summed E-state index contributed by atoms with van der Waals surface area (Å²) >= 11 is 0. The van der Waals surface area contributed by atoms with E-state index < -0.39 is 0 Å². The van der Waals surface area contributed by atoms with Gasteiger partial charge < -0.3 is 10.5 Å². The van der Waals surface area contributed by atoms with Gasteiger partial charge in [0.1, 0.15) is 0 Å². The molecule has 21 heavy (non-hydrogen) atoms. The average molecular weight is 294 g/mol. The summed E-state index contributed by atoms with van der Waals surface area (Å²) in [5.74, 6) is 0.851. The Kier molecular flexibility index (Phi) is 5.65. The number of hydrogen-bond donors (Lipinski definition) is 1. The van der Waals surface area contributed by atoms with E-state index in [9.17, 15) is 0 Å². The van der Waals surface area contributed by atoms with E-state index in [4.69, 9.17) is 10.5 Å². The Bertz CT molecular complexity index is 455. The molecule has 1 aromatic rings. The standard InChI is InChI=1S/C16H30N4O/c1-5-8-13-9-6-7-10-20(13)14(11-17)15-12(2)18-19(3)16(15)21-4/h13-14H,5-11,17H2,1-4H3. The van der Waals surface area contributed by atoms with Crippen molar-refractivity contribution >= 4 is 0 Å². The molecule has 2 heterocycles. The molecule has 0 aliphatic carbocycles. The van der Waals surface area contributed by atoms with Gasteiger partial charge in [0.15, 0.2) is 0 Å². The summed E-state index contributed by atoms with van der Waals surface area (Å²) < 4.78 is 7.41. The van der Waals surface area contributed by atoms with Gasteiger partial charge in [-0.2, -0.15) is 5.10 Å². The average Bonchev–Trinajstić information content (AvgIpc) is 2.76. The molecule has 0 bridgehead atoms. The molecule has 1 aliphatic heterocycles. The van der Waals surface area contributed by atoms with E-state index in [0.717, 1.165) is 18.1 Å². The molecule has 2 rings (SSSR count). The number of likely N-dealkylation sites (tertiary alicyclic amines) is 1. The number of rotatable bonds is 6. The molecule has 5 nitrogen and oxygen atoms in total. The van der Waals surface area contributed by atoms with Crippen LogP contribution in [-0.2, 0) is 7.05 Å². The van der Waals surface area contributed by atoms with Crippen molar-refractivity contribution in [2.45, 2.75) is 58.0 Å². The van der Waals surface area contributed by atoms with E-state index in [1.165, 1.54) is 37.7 Å². The lowest BCUT2D eigenvalue weighted by Crippen LogP contribution is -2.44. The lowest BCUT2D eigenvalue weighted by Gasteiger charge is -2.41. The van der Waals surface area contributed by atoms with E-state index in [-0.39, 0.29) is 6.04 Å². The second-order valence-corrected chi connectivity index (χ2v) is 6.06. The zero-order chi connectivity index (χ0) is 15.4. The van der Waals surface area contributed by atoms with Crippen molar-refractivity contribution in [1.29, 1.82) is 0 Å². The molecule has 2 atom stereocenters. The summed E-state index contributed by atoms with van der Waals surface area (Å²) in [6, 6.07) is 0.854. The third kappa shape index (κ3) is 3.24. The minimum Gasteiger partial charge on any atom is -0.481 e. The maximum absolute atomic E-state index is 6.16. The highest BCUT2D eigenvalue weighted by molar-refractivity contribution is 5.34. The summed E-state index contributed by atoms with van der Waals surface area (Å²) in [6.45, 7) is 6.06. The van der Waals surface area contributed by atoms with Gasteiger partial charge in [0.25, 0.3) is 0 Å². The molecule has 1 aromatic heterocycles. The summed E-state index contributed by atoms with van der Waals surface area (Å²) in [6.07, 6.45) is 6.35. The van der Waals surface area contributed by atoms with Crippen LogP contribution in [0.4, 0.5) is 0 Å². The fourth-order valence-electron chi connectivity index (χ4n) is 3.77. The summed E-state index contributed by atoms with van der Waals surface area (Å²) in [4.78, 5) is 2.60. The highest BCUT2D eigenvalue weighted by Gasteiger charge is 2.32. The van der Waals surface area contributed by atoms with Gasteiger partial charge in [-0.25, -0.2) is 4.68 Å². The first-order chi connectivity index (χ1) is 10.1. The van der Waals surface area contributed by atoms with E-state index in [1.807, 2.05) is 11.7 Å². The second kappa shape index (κ2) is 7.27. The van der Waals surface area contributed by atoms with Crippen LogP contribution >= 0.6 is 0 Å². The van der Waals surface area contributed by atoms with Crippen molar-refractivity contribution in [2.75, 3.05) is 20.2 Å². The maximum Gasteiger partial charge on any atom is 0.216 e. The Morgan fingerprint density at radius 2 is 2.19 bits per heavy atom. The molecule has 2 N–H and O–H groups in total. The molecule has 1 fully saturated rings. The monoisotopic (exact) mass is 294 g/mol. The Morgan fingerprint density at radius 3 is 2.81 bits per heavy atom. The van der Waals surface area contributed by atoms with Crippen LogP contribution in [0.1, 0.15) is 56.3 Å². The lowest BCUT2D eigenvalue weighted by atomic mass is 9.93. The van der Waals surface area contributed by atoms with Crippen molar-refractivity contribution in [3.63, 3.8) is 0 Å². The minimum absolute atomic E-state index is 0.213. The normalized spacial score (nSPS) is 21.5. The minimum atomic E-state index is 0.213. The third-order valence-electron chi connectivity index (χ3n) is 4.66. The highest BCUT2D eigenvalue weighted by atomic mass is 16.5. The number of methoxy groups -OCH3 is 1. The maximum atomic E-state index is 6.16. The molecule has 120 valence electrons. The molecule has 0 saturated carbocycles. The summed E-state index contributed by atoms with van der Waals surface area (Å²) in [5.41, 5.74) is 8.37. The zero-order valence-corrected chi connectivity index (χ0v) is 13.9. The first-order valence-electron chi connectivity index (χ1n) is 8.17. The van der Waals surface area contributed by atoms with Gasteiger partial charge in [-0.05, 0) is 32.7 Å². The summed E-state index contributed by atoms with van der Waals surface area (Å²) in [7, 11) is 3.65. The van der Waals surface area contributed by atoms with Crippen LogP contribution in [0.5, 0.6) is 5.88 Å². The lowest BCUT2D eigenvalue weighted by molar-refractivity contribution is 0.0894. The predicted molar refractivity (Wildman–Crippen MR) is 85.5 cm³/mol. The number of hydrogen-bond acceptors (Lipinski definition) is 4. The molecule has 0 aromatic carbocycles. The first kappa shape index (κ1) is 16.3. The number of ether oxygens (including phenoxy) is 1. The Morgan fingerprint density at radius 1 is 1.43 bits per heavy atom. The number of piperidine rings is 1. The SMILES string of the molecule is CCCC1CCCCN1C(CN)c1c(C)nn(C)c1OC. The second-order valence-electron chi connectivity index (χ2n) is 6.06. The third-order valence-corrected chi connectivity index (χ3v) is 4.66. The number of nitrogens with two attached hydrogens (primary N) is 1. The molecule has 0 spiro atoms. The van der Waals surface area contributed by atoms with Gasteiger partial charge in [0.2, 0.25) is 5.88 Å². The van der Waals surface area contributed by atoms with E-state index in [1.54, 1.807) is 7.11 Å². The molecule has 0 amide bonds. The quantitative estimate of drug-likeness (QED) is 0.875. The smallest absolute Gasteiger partial charge is 0.216 e. The molecular weight excluding hydrogens is 264 g/mol. The van der Waals surface area contributed by atoms with Crippen LogP contribution in [-0.4, -0.2) is 40.9 Å². The van der Waals surface area contributed by atoms with Crippen molar-refractivity contribution in [1.82, 2.24) is 14.7 Å². The number of aromatic nitrogens is 2. The van der Waals surface area contributed by atoms with Crippen LogP contribution in [0, 0.1) is 6.92 Å². The van der Waals surface area contributed by atoms with Crippen molar-refractivity contribution < 1.29 is 4.74 Å². The predicted octanol–water partition coefficient (Wildman–Crippen LogP) is 2.39. The zero-order valence-electron chi connectivity index (χ0n) is 13.9. The highest BCUT2D eigenvalue weighted by Crippen LogP contribution is 2.36. The largest absolute Gasteiger partial charge is 0.481 e. The fourth-order valence-corrected chi connectivity index (χ4v) is 3.77. The first-order valence-corrected chi connectivity index (χ1v) is 8.17. The molecule has 1 saturated heterocycles. The number of nitrogens with zero attached hydrogens (tertiary/aromatic N) is 3. The summed E-state index contributed by atoms with van der Waals surface area (Å²) in [5, 5.41) is 4.53. The van der Waals surface area contributed by atoms with Crippen LogP contribution in [0.3, 0.4) is 0 Å². The number of aryl methyl sites for hydroxylation is 2. The molecule has 5 heteroatoms. The Labute approximate surface area is 128 Å². The van der Waals surface area contributed by atoms with Gasteiger partial charge in [-0.15, -0.1) is 0 Å². The van der Waals surface area contributed by atoms with Gasteiger partial charge in [0, 0.05) is 19.6 Å². The van der Waals surface area contributed by atoms with Crippen molar-refractivity contribution in [2.24, 2.45) is 12.8 Å². The van der Waals surface area contributed by atoms with E-state index >= 15 is 0 Å². The van der Waals surface area contributed by atoms with Crippen molar-refractivity contribution in [3.8, 4) is 5.88 Å². The van der Waals surface area contributed by atoms with Crippen LogP contribution in [0.15, 0.2) is 0 Å². The molecular formula is C16H30N4O. The van der Waals surface area contributed by atoms with Crippen LogP contribution < -0.4 is 10.5 Å². The van der Waals surface area contributed by atoms with Gasteiger partial charge in [-0.3, -0.25) is 4.90 Å². The topological polar surface area (TPSA) is 56.3 Å². The van der Waals surface area contributed by atoms with Gasteiger partial charge in [-0.1, -0.05) is 19.8 Å². The Hall–Kier alpha value is -1.07. The van der Waals surface area contributed by atoms with Gasteiger partial charge >= 0.3 is 0 Å². The van der Waals surface area contributed by atoms with E-state index in [2.05, 4.69) is 23.8 Å². The Balaban J connectivity index is 2.33. The fraction of sp³-hybridized carbons (Fsp3) is 0.812. The van der Waals surface area contributed by atoms with Crippen molar-refractivity contribution in [3.05, 3.63) is 11.3 Å². The van der Waals surface area contributed by atoms with E-state index in [0.29, 0.717) is 12.6 Å². The van der Waals surface area contributed by atoms with Crippen LogP contribution in [0.2, 0.25) is 0 Å². The molecule has 0 radical (unpaired) electrons. The molecule has 2 unspecified atom stereocenters.